The van der Waals surface area contributed by atoms with E-state index in [1.54, 1.807) is 6.21 Å². The fraction of sp³-hybridized carbons (Fsp3) is 0.269. The molecule has 1 saturated heterocycles. The highest BCUT2D eigenvalue weighted by Gasteiger charge is 2.56. The third-order valence-corrected chi connectivity index (χ3v) is 7.54. The molecule has 0 N–H and O–H groups in total. The number of para-hydroxylation sites is 1. The van der Waals surface area contributed by atoms with Crippen molar-refractivity contribution in [2.75, 3.05) is 0 Å². The number of fused-ring (bicyclic) bond motifs is 2. The molecule has 7 rings (SSSR count). The summed E-state index contributed by atoms with van der Waals surface area (Å²) in [5, 5.41) is 7.26. The van der Waals surface area contributed by atoms with Crippen molar-refractivity contribution in [3.05, 3.63) is 83.0 Å². The van der Waals surface area contributed by atoms with E-state index in [-0.39, 0.29) is 35.5 Å². The van der Waals surface area contributed by atoms with Gasteiger partial charge in [-0.25, -0.2) is 0 Å². The standard InChI is InChI=1S/C26H22ClN3O2/c27-21-7-3-1-5-18(21)14-29-15-19(20-6-2-4-8-22(20)29)13-28-30-25(31)23-16-9-10-17(12-11-16)24(23)26(30)32/h1-10,13,15-17,23-24H,11-12,14H2/b28-13-/t16-,17+,23-,24+. The number of allylic oxidation sites excluding steroid dienone is 2. The summed E-state index contributed by atoms with van der Waals surface area (Å²) in [6.45, 7) is 0.620. The zero-order valence-electron chi connectivity index (χ0n) is 17.4. The molecule has 3 aliphatic carbocycles. The molecule has 1 aliphatic heterocycles. The quantitative estimate of drug-likeness (QED) is 0.328. The monoisotopic (exact) mass is 443 g/mol. The van der Waals surface area contributed by atoms with Gasteiger partial charge in [-0.3, -0.25) is 9.59 Å². The lowest BCUT2D eigenvalue weighted by molar-refractivity contribution is -0.140. The van der Waals surface area contributed by atoms with Crippen LogP contribution in [0.3, 0.4) is 0 Å². The van der Waals surface area contributed by atoms with E-state index in [0.29, 0.717) is 6.54 Å². The Kier molecular flexibility index (Phi) is 4.54. The van der Waals surface area contributed by atoms with E-state index in [4.69, 9.17) is 11.6 Å². The third kappa shape index (κ3) is 2.95. The summed E-state index contributed by atoms with van der Waals surface area (Å²) in [7, 11) is 0. The fourth-order valence-corrected chi connectivity index (χ4v) is 5.81. The number of hydrazone groups is 1. The molecule has 4 aliphatic rings. The molecule has 32 heavy (non-hydrogen) atoms. The Labute approximate surface area is 191 Å². The van der Waals surface area contributed by atoms with E-state index < -0.39 is 0 Å². The van der Waals surface area contributed by atoms with Crippen LogP contribution in [0.5, 0.6) is 0 Å². The SMILES string of the molecule is O=C1[C@@H]2[C@H](C(=O)N1/N=C\c1cn(Cc3ccccc3Cl)c3ccccc13)[C@@H]1C=C[C@H]2CC1. The minimum atomic E-state index is -0.245. The normalized spacial score (nSPS) is 26.6. The number of hydrogen-bond donors (Lipinski definition) is 0. The van der Waals surface area contributed by atoms with E-state index in [9.17, 15) is 9.59 Å². The van der Waals surface area contributed by atoms with Crippen LogP contribution in [0.25, 0.3) is 10.9 Å². The Hall–Kier alpha value is -3.18. The molecule has 2 aromatic carbocycles. The third-order valence-electron chi connectivity index (χ3n) is 7.17. The first-order valence-corrected chi connectivity index (χ1v) is 11.4. The van der Waals surface area contributed by atoms with Crippen LogP contribution < -0.4 is 0 Å². The van der Waals surface area contributed by atoms with Gasteiger partial charge in [-0.2, -0.15) is 10.1 Å². The van der Waals surface area contributed by atoms with Crippen LogP contribution in [-0.4, -0.2) is 27.6 Å². The molecule has 1 aromatic heterocycles. The van der Waals surface area contributed by atoms with Crippen LogP contribution >= 0.6 is 11.6 Å². The molecule has 3 aromatic rings. The Morgan fingerprint density at radius 1 is 0.938 bits per heavy atom. The van der Waals surface area contributed by atoms with E-state index >= 15 is 0 Å². The van der Waals surface area contributed by atoms with Crippen LogP contribution in [0.1, 0.15) is 24.0 Å². The zero-order chi connectivity index (χ0) is 21.8. The fourth-order valence-electron chi connectivity index (χ4n) is 5.61. The molecule has 2 fully saturated rings. The molecule has 4 atom stereocenters. The highest BCUT2D eigenvalue weighted by Crippen LogP contribution is 2.49. The topological polar surface area (TPSA) is 54.7 Å². The largest absolute Gasteiger partial charge is 0.342 e. The van der Waals surface area contributed by atoms with E-state index in [1.165, 1.54) is 0 Å². The predicted octanol–water partition coefficient (Wildman–Crippen LogP) is 4.87. The highest BCUT2D eigenvalue weighted by molar-refractivity contribution is 6.31. The second-order valence-electron chi connectivity index (χ2n) is 8.90. The van der Waals surface area contributed by atoms with Gasteiger partial charge in [0.15, 0.2) is 0 Å². The van der Waals surface area contributed by atoms with E-state index in [1.807, 2.05) is 54.7 Å². The minimum absolute atomic E-state index is 0.157. The van der Waals surface area contributed by atoms with Gasteiger partial charge in [0, 0.05) is 34.2 Å². The second-order valence-corrected chi connectivity index (χ2v) is 9.30. The Bertz CT molecular complexity index is 1280. The molecule has 0 radical (unpaired) electrons. The first-order chi connectivity index (χ1) is 15.6. The summed E-state index contributed by atoms with van der Waals surface area (Å²) in [6.07, 6.45) is 9.85. The van der Waals surface area contributed by atoms with Gasteiger partial charge >= 0.3 is 0 Å². The number of rotatable bonds is 4. The minimum Gasteiger partial charge on any atom is -0.342 e. The summed E-state index contributed by atoms with van der Waals surface area (Å²) in [5.41, 5.74) is 2.93. The number of halogens is 1. The van der Waals surface area contributed by atoms with Gasteiger partial charge < -0.3 is 4.57 Å². The van der Waals surface area contributed by atoms with Gasteiger partial charge in [-0.1, -0.05) is 60.2 Å². The van der Waals surface area contributed by atoms with Crippen molar-refractivity contribution in [1.29, 1.82) is 0 Å². The molecule has 160 valence electrons. The maximum atomic E-state index is 13.0. The number of imide groups is 1. The van der Waals surface area contributed by atoms with E-state index in [0.717, 1.165) is 44.9 Å². The smallest absolute Gasteiger partial charge is 0.254 e. The van der Waals surface area contributed by atoms with Crippen molar-refractivity contribution in [2.45, 2.75) is 19.4 Å². The predicted molar refractivity (Wildman–Crippen MR) is 124 cm³/mol. The number of carbonyl (C=O) groups is 2. The van der Waals surface area contributed by atoms with Crippen molar-refractivity contribution < 1.29 is 9.59 Å². The van der Waals surface area contributed by atoms with Gasteiger partial charge in [0.2, 0.25) is 0 Å². The van der Waals surface area contributed by atoms with Gasteiger partial charge in [0.1, 0.15) is 0 Å². The van der Waals surface area contributed by atoms with Crippen LogP contribution in [-0.2, 0) is 16.1 Å². The first-order valence-electron chi connectivity index (χ1n) is 11.0. The van der Waals surface area contributed by atoms with Crippen LogP contribution in [0, 0.1) is 23.7 Å². The molecule has 0 spiro atoms. The molecule has 1 saturated carbocycles. The summed E-state index contributed by atoms with van der Waals surface area (Å²) in [4.78, 5) is 26.1. The zero-order valence-corrected chi connectivity index (χ0v) is 18.2. The maximum absolute atomic E-state index is 13.0. The number of benzene rings is 2. The molecule has 2 amide bonds. The lowest BCUT2D eigenvalue weighted by atomic mass is 9.63. The lowest BCUT2D eigenvalue weighted by Crippen LogP contribution is -2.38. The summed E-state index contributed by atoms with van der Waals surface area (Å²) in [5.74, 6) is -0.474. The van der Waals surface area contributed by atoms with Crippen molar-refractivity contribution in [3.8, 4) is 0 Å². The van der Waals surface area contributed by atoms with Crippen molar-refractivity contribution >= 4 is 40.5 Å². The summed E-state index contributed by atoms with van der Waals surface area (Å²) in [6, 6.07) is 15.8. The molecule has 6 heteroatoms. The van der Waals surface area contributed by atoms with Crippen LogP contribution in [0.4, 0.5) is 0 Å². The molecule has 5 nitrogen and oxygen atoms in total. The van der Waals surface area contributed by atoms with E-state index in [2.05, 4.69) is 21.8 Å². The number of nitrogens with zero attached hydrogens (tertiary/aromatic N) is 3. The second kappa shape index (κ2) is 7.45. The lowest BCUT2D eigenvalue weighted by Gasteiger charge is -2.37. The van der Waals surface area contributed by atoms with Gasteiger partial charge in [0.25, 0.3) is 11.8 Å². The average Bonchev–Trinajstić information content (AvgIpc) is 3.31. The molecule has 2 bridgehead atoms. The Morgan fingerprint density at radius 3 is 2.28 bits per heavy atom. The van der Waals surface area contributed by atoms with Crippen LogP contribution in [0.15, 0.2) is 72.0 Å². The maximum Gasteiger partial charge on any atom is 0.254 e. The van der Waals surface area contributed by atoms with Crippen molar-refractivity contribution in [1.82, 2.24) is 9.58 Å². The molecule has 2 heterocycles. The summed E-state index contributed by atoms with van der Waals surface area (Å²) < 4.78 is 2.12. The number of hydrogen-bond acceptors (Lipinski definition) is 3. The Morgan fingerprint density at radius 2 is 1.59 bits per heavy atom. The van der Waals surface area contributed by atoms with Gasteiger partial charge in [-0.05, 0) is 42.4 Å². The number of aromatic nitrogens is 1. The Balaban J connectivity index is 1.33. The van der Waals surface area contributed by atoms with Gasteiger partial charge in [0.05, 0.1) is 18.1 Å². The molecular formula is C26H22ClN3O2. The first kappa shape index (κ1) is 19.5. The highest BCUT2D eigenvalue weighted by atomic mass is 35.5. The van der Waals surface area contributed by atoms with Crippen molar-refractivity contribution in [2.24, 2.45) is 28.8 Å². The summed E-state index contributed by atoms with van der Waals surface area (Å²) >= 11 is 6.37. The average molecular weight is 444 g/mol. The molecular weight excluding hydrogens is 422 g/mol. The van der Waals surface area contributed by atoms with Crippen molar-refractivity contribution in [3.63, 3.8) is 0 Å². The number of carbonyl (C=O) groups excluding carboxylic acids is 2. The molecule has 0 unspecified atom stereocenters. The van der Waals surface area contributed by atoms with Crippen LogP contribution in [0.2, 0.25) is 5.02 Å². The van der Waals surface area contributed by atoms with Gasteiger partial charge in [-0.15, -0.1) is 0 Å². The number of amides is 2.